The molecule has 3 aromatic rings. The largest absolute Gasteiger partial charge is 0.461 e. The Kier molecular flexibility index (Phi) is 4.42. The Hall–Kier alpha value is -2.95. The molecule has 0 amide bonds. The SMILES string of the molecule is CCCOC(=O)c1nn(C(=O)c2cccc(C)c2)c2ccccc12. The monoisotopic (exact) mass is 322 g/mol. The van der Waals surface area contributed by atoms with Crippen LogP contribution in [0.3, 0.4) is 0 Å². The second-order valence-corrected chi connectivity index (χ2v) is 5.59. The van der Waals surface area contributed by atoms with Crippen LogP contribution in [0.25, 0.3) is 10.9 Å². The van der Waals surface area contributed by atoms with E-state index in [0.29, 0.717) is 23.1 Å². The number of carbonyl (C=O) groups is 2. The van der Waals surface area contributed by atoms with Crippen LogP contribution in [0.1, 0.15) is 39.8 Å². The highest BCUT2D eigenvalue weighted by Gasteiger charge is 2.21. The van der Waals surface area contributed by atoms with E-state index in [1.807, 2.05) is 38.1 Å². The summed E-state index contributed by atoms with van der Waals surface area (Å²) in [4.78, 5) is 25.0. The average Bonchev–Trinajstić information content (AvgIpc) is 2.99. The van der Waals surface area contributed by atoms with Crippen molar-refractivity contribution in [2.75, 3.05) is 6.61 Å². The number of para-hydroxylation sites is 1. The quantitative estimate of drug-likeness (QED) is 0.689. The molecular weight excluding hydrogens is 304 g/mol. The first-order valence-corrected chi connectivity index (χ1v) is 7.88. The molecule has 0 bridgehead atoms. The molecule has 0 saturated heterocycles. The van der Waals surface area contributed by atoms with E-state index in [4.69, 9.17) is 4.74 Å². The fraction of sp³-hybridized carbons (Fsp3) is 0.211. The summed E-state index contributed by atoms with van der Waals surface area (Å²) in [5, 5.41) is 4.85. The molecule has 0 aliphatic rings. The Morgan fingerprint density at radius 1 is 1.12 bits per heavy atom. The van der Waals surface area contributed by atoms with E-state index in [0.717, 1.165) is 12.0 Å². The average molecular weight is 322 g/mol. The van der Waals surface area contributed by atoms with Gasteiger partial charge in [-0.1, -0.05) is 42.8 Å². The molecule has 0 aliphatic heterocycles. The van der Waals surface area contributed by atoms with Gasteiger partial charge in [-0.2, -0.15) is 9.78 Å². The number of ether oxygens (including phenoxy) is 1. The molecule has 0 radical (unpaired) electrons. The number of carbonyl (C=O) groups excluding carboxylic acids is 2. The summed E-state index contributed by atoms with van der Waals surface area (Å²) >= 11 is 0. The van der Waals surface area contributed by atoms with Gasteiger partial charge >= 0.3 is 5.97 Å². The molecule has 0 spiro atoms. The molecular formula is C19H18N2O3. The zero-order chi connectivity index (χ0) is 17.1. The number of esters is 1. The lowest BCUT2D eigenvalue weighted by molar-refractivity contribution is 0.0499. The van der Waals surface area contributed by atoms with Crippen LogP contribution in [0.5, 0.6) is 0 Å². The van der Waals surface area contributed by atoms with Gasteiger partial charge in [-0.15, -0.1) is 0 Å². The van der Waals surface area contributed by atoms with Crippen LogP contribution in [0, 0.1) is 6.92 Å². The molecule has 122 valence electrons. The van der Waals surface area contributed by atoms with Gasteiger partial charge in [-0.05, 0) is 31.5 Å². The van der Waals surface area contributed by atoms with Crippen molar-refractivity contribution in [2.24, 2.45) is 0 Å². The molecule has 5 heteroatoms. The third-order valence-electron chi connectivity index (χ3n) is 3.68. The van der Waals surface area contributed by atoms with Crippen molar-refractivity contribution in [1.29, 1.82) is 0 Å². The normalized spacial score (nSPS) is 10.8. The number of fused-ring (bicyclic) bond motifs is 1. The minimum Gasteiger partial charge on any atom is -0.461 e. The number of rotatable bonds is 4. The van der Waals surface area contributed by atoms with Crippen LogP contribution in [0.2, 0.25) is 0 Å². The van der Waals surface area contributed by atoms with Crippen molar-refractivity contribution in [3.63, 3.8) is 0 Å². The summed E-state index contributed by atoms with van der Waals surface area (Å²) in [6.07, 6.45) is 0.729. The van der Waals surface area contributed by atoms with Gasteiger partial charge in [0, 0.05) is 10.9 Å². The van der Waals surface area contributed by atoms with E-state index in [2.05, 4.69) is 5.10 Å². The summed E-state index contributed by atoms with van der Waals surface area (Å²) in [6, 6.07) is 14.4. The van der Waals surface area contributed by atoms with Crippen molar-refractivity contribution in [3.8, 4) is 0 Å². The van der Waals surface area contributed by atoms with Crippen molar-refractivity contribution in [3.05, 3.63) is 65.4 Å². The smallest absolute Gasteiger partial charge is 0.359 e. The van der Waals surface area contributed by atoms with Gasteiger partial charge in [0.1, 0.15) is 0 Å². The van der Waals surface area contributed by atoms with Gasteiger partial charge in [0.25, 0.3) is 5.91 Å². The van der Waals surface area contributed by atoms with Gasteiger partial charge in [0.2, 0.25) is 0 Å². The zero-order valence-electron chi connectivity index (χ0n) is 13.7. The van der Waals surface area contributed by atoms with Gasteiger partial charge in [0.05, 0.1) is 12.1 Å². The number of nitrogens with zero attached hydrogens (tertiary/aromatic N) is 2. The highest BCUT2D eigenvalue weighted by Crippen LogP contribution is 2.20. The van der Waals surface area contributed by atoms with Crippen molar-refractivity contribution in [1.82, 2.24) is 9.78 Å². The standard InChI is InChI=1S/C19H18N2O3/c1-3-11-24-19(23)17-15-9-4-5-10-16(15)21(20-17)18(22)14-8-6-7-13(2)12-14/h4-10,12H,3,11H2,1-2H3. The maximum atomic E-state index is 12.8. The summed E-state index contributed by atoms with van der Waals surface area (Å²) in [5.41, 5.74) is 2.27. The highest BCUT2D eigenvalue weighted by molar-refractivity contribution is 6.07. The minimum absolute atomic E-state index is 0.167. The van der Waals surface area contributed by atoms with Gasteiger partial charge < -0.3 is 4.74 Å². The molecule has 1 aromatic heterocycles. The van der Waals surface area contributed by atoms with Crippen molar-refractivity contribution in [2.45, 2.75) is 20.3 Å². The Morgan fingerprint density at radius 3 is 2.67 bits per heavy atom. The molecule has 0 aliphatic carbocycles. The second kappa shape index (κ2) is 6.66. The van der Waals surface area contributed by atoms with Gasteiger partial charge in [-0.25, -0.2) is 4.79 Å². The summed E-state index contributed by atoms with van der Waals surface area (Å²) < 4.78 is 6.45. The Balaban J connectivity index is 2.08. The number of hydrogen-bond donors (Lipinski definition) is 0. The summed E-state index contributed by atoms with van der Waals surface area (Å²) in [5.74, 6) is -0.784. The number of aryl methyl sites for hydroxylation is 1. The van der Waals surface area contributed by atoms with Crippen molar-refractivity contribution >= 4 is 22.8 Å². The van der Waals surface area contributed by atoms with E-state index in [1.54, 1.807) is 24.3 Å². The molecule has 0 fully saturated rings. The second-order valence-electron chi connectivity index (χ2n) is 5.59. The van der Waals surface area contributed by atoms with Crippen LogP contribution < -0.4 is 0 Å². The minimum atomic E-state index is -0.510. The Morgan fingerprint density at radius 2 is 1.92 bits per heavy atom. The predicted molar refractivity (Wildman–Crippen MR) is 91.2 cm³/mol. The number of aromatic nitrogens is 2. The highest BCUT2D eigenvalue weighted by atomic mass is 16.5. The fourth-order valence-electron chi connectivity index (χ4n) is 2.54. The lowest BCUT2D eigenvalue weighted by atomic mass is 10.1. The van der Waals surface area contributed by atoms with Gasteiger partial charge in [0.15, 0.2) is 5.69 Å². The molecule has 0 N–H and O–H groups in total. The maximum absolute atomic E-state index is 12.8. The first-order chi connectivity index (χ1) is 11.6. The Labute approximate surface area is 139 Å². The topological polar surface area (TPSA) is 61.2 Å². The molecule has 24 heavy (non-hydrogen) atoms. The third kappa shape index (κ3) is 2.93. The molecule has 1 heterocycles. The first kappa shape index (κ1) is 15.9. The molecule has 3 rings (SSSR count). The van der Waals surface area contributed by atoms with E-state index in [1.165, 1.54) is 4.68 Å². The Bertz CT molecular complexity index is 912. The summed E-state index contributed by atoms with van der Waals surface area (Å²) in [6.45, 7) is 4.17. The van der Waals surface area contributed by atoms with Gasteiger partial charge in [-0.3, -0.25) is 4.79 Å². The van der Waals surface area contributed by atoms with Crippen LogP contribution in [-0.4, -0.2) is 28.3 Å². The number of hydrogen-bond acceptors (Lipinski definition) is 4. The molecule has 2 aromatic carbocycles. The third-order valence-corrected chi connectivity index (χ3v) is 3.68. The molecule has 0 unspecified atom stereocenters. The van der Waals surface area contributed by atoms with Crippen LogP contribution in [-0.2, 0) is 4.74 Å². The van der Waals surface area contributed by atoms with E-state index < -0.39 is 5.97 Å². The van der Waals surface area contributed by atoms with Crippen LogP contribution in [0.4, 0.5) is 0 Å². The summed E-state index contributed by atoms with van der Waals surface area (Å²) in [7, 11) is 0. The lowest BCUT2D eigenvalue weighted by Crippen LogP contribution is -2.15. The van der Waals surface area contributed by atoms with E-state index in [9.17, 15) is 9.59 Å². The predicted octanol–water partition coefficient (Wildman–Crippen LogP) is 3.60. The van der Waals surface area contributed by atoms with Crippen molar-refractivity contribution < 1.29 is 14.3 Å². The molecule has 5 nitrogen and oxygen atoms in total. The van der Waals surface area contributed by atoms with E-state index >= 15 is 0 Å². The lowest BCUT2D eigenvalue weighted by Gasteiger charge is -2.03. The number of benzene rings is 2. The molecule has 0 atom stereocenters. The maximum Gasteiger partial charge on any atom is 0.359 e. The molecule has 0 saturated carbocycles. The zero-order valence-corrected chi connectivity index (χ0v) is 13.7. The van der Waals surface area contributed by atoms with Crippen LogP contribution in [0.15, 0.2) is 48.5 Å². The fourth-order valence-corrected chi connectivity index (χ4v) is 2.54. The van der Waals surface area contributed by atoms with Crippen LogP contribution >= 0.6 is 0 Å². The van der Waals surface area contributed by atoms with E-state index in [-0.39, 0.29) is 11.6 Å². The first-order valence-electron chi connectivity index (χ1n) is 7.88.